The lowest BCUT2D eigenvalue weighted by atomic mass is 9.87. The Kier molecular flexibility index (Phi) is 7.61. The number of thioether (sulfide) groups is 1. The van der Waals surface area contributed by atoms with Crippen LogP contribution in [0.5, 0.6) is 5.75 Å². The summed E-state index contributed by atoms with van der Waals surface area (Å²) in [6.45, 7) is 13.7. The number of aromatic nitrogens is 3. The molecule has 3 aromatic rings. The van der Waals surface area contributed by atoms with Crippen molar-refractivity contribution in [2.24, 2.45) is 0 Å². The summed E-state index contributed by atoms with van der Waals surface area (Å²) in [5, 5.41) is 12.2. The summed E-state index contributed by atoms with van der Waals surface area (Å²) in [6.07, 6.45) is 0. The molecule has 0 radical (unpaired) electrons. The molecule has 1 aromatic heterocycles. The summed E-state index contributed by atoms with van der Waals surface area (Å²) in [5.74, 6) is 1.73. The lowest BCUT2D eigenvalue weighted by Gasteiger charge is -2.19. The Morgan fingerprint density at radius 1 is 1.06 bits per heavy atom. The Morgan fingerprint density at radius 2 is 1.72 bits per heavy atom. The third-order valence-corrected chi connectivity index (χ3v) is 6.00. The van der Waals surface area contributed by atoms with Gasteiger partial charge in [0, 0.05) is 12.2 Å². The van der Waals surface area contributed by atoms with Crippen LogP contribution in [0.3, 0.4) is 0 Å². The van der Waals surface area contributed by atoms with Gasteiger partial charge in [0.2, 0.25) is 5.91 Å². The standard InChI is InChI=1S/C25H32N4O2S/c1-7-29-22(15-31-21-10-8-19(9-11-21)25(4,5)6)27-28-24(29)32-16-23(30)26-20-13-17(2)12-18(3)14-20/h8-14H,7,15-16H2,1-6H3,(H,26,30). The van der Waals surface area contributed by atoms with E-state index >= 15 is 0 Å². The van der Waals surface area contributed by atoms with Crippen molar-refractivity contribution in [2.45, 2.75) is 65.3 Å². The lowest BCUT2D eigenvalue weighted by molar-refractivity contribution is -0.113. The van der Waals surface area contributed by atoms with Gasteiger partial charge in [0.1, 0.15) is 12.4 Å². The molecule has 0 aliphatic rings. The van der Waals surface area contributed by atoms with Gasteiger partial charge in [0.15, 0.2) is 11.0 Å². The number of amides is 1. The predicted molar refractivity (Wildman–Crippen MR) is 130 cm³/mol. The van der Waals surface area contributed by atoms with Crippen LogP contribution >= 0.6 is 11.8 Å². The largest absolute Gasteiger partial charge is 0.486 e. The second-order valence-corrected chi connectivity index (χ2v) is 9.86. The van der Waals surface area contributed by atoms with Crippen LogP contribution in [-0.4, -0.2) is 26.4 Å². The molecule has 0 aliphatic heterocycles. The highest BCUT2D eigenvalue weighted by atomic mass is 32.2. The van der Waals surface area contributed by atoms with Gasteiger partial charge < -0.3 is 14.6 Å². The van der Waals surface area contributed by atoms with Gasteiger partial charge in [-0.3, -0.25) is 4.79 Å². The fourth-order valence-electron chi connectivity index (χ4n) is 3.42. The summed E-state index contributed by atoms with van der Waals surface area (Å²) < 4.78 is 7.92. The topological polar surface area (TPSA) is 69.0 Å². The average Bonchev–Trinajstić information content (AvgIpc) is 3.11. The number of hydrogen-bond donors (Lipinski definition) is 1. The monoisotopic (exact) mass is 452 g/mol. The minimum Gasteiger partial charge on any atom is -0.486 e. The number of hydrogen-bond acceptors (Lipinski definition) is 5. The van der Waals surface area contributed by atoms with Crippen molar-refractivity contribution in [1.82, 2.24) is 14.8 Å². The Morgan fingerprint density at radius 3 is 2.31 bits per heavy atom. The molecular weight excluding hydrogens is 420 g/mol. The van der Waals surface area contributed by atoms with Crippen LogP contribution in [0.4, 0.5) is 5.69 Å². The van der Waals surface area contributed by atoms with E-state index in [1.165, 1.54) is 17.3 Å². The summed E-state index contributed by atoms with van der Waals surface area (Å²) in [6, 6.07) is 14.2. The number of rotatable bonds is 8. The van der Waals surface area contributed by atoms with Crippen molar-refractivity contribution in [1.29, 1.82) is 0 Å². The quantitative estimate of drug-likeness (QED) is 0.456. The van der Waals surface area contributed by atoms with Gasteiger partial charge in [0.25, 0.3) is 0 Å². The Labute approximate surface area is 194 Å². The van der Waals surface area contributed by atoms with Gasteiger partial charge in [-0.2, -0.15) is 0 Å². The fraction of sp³-hybridized carbons (Fsp3) is 0.400. The molecular formula is C25H32N4O2S. The Bertz CT molecular complexity index is 1050. The van der Waals surface area contributed by atoms with Crippen molar-refractivity contribution in [3.05, 3.63) is 65.0 Å². The second kappa shape index (κ2) is 10.2. The van der Waals surface area contributed by atoms with Gasteiger partial charge in [-0.1, -0.05) is 50.7 Å². The van der Waals surface area contributed by atoms with Crippen LogP contribution < -0.4 is 10.1 Å². The first-order chi connectivity index (χ1) is 15.2. The van der Waals surface area contributed by atoms with Crippen LogP contribution in [0.1, 0.15) is 50.2 Å². The van der Waals surface area contributed by atoms with Crippen LogP contribution in [0.25, 0.3) is 0 Å². The summed E-state index contributed by atoms with van der Waals surface area (Å²) in [4.78, 5) is 12.4. The van der Waals surface area contributed by atoms with Crippen LogP contribution in [0, 0.1) is 13.8 Å². The maximum absolute atomic E-state index is 12.4. The molecule has 0 spiro atoms. The molecule has 6 nitrogen and oxygen atoms in total. The highest BCUT2D eigenvalue weighted by Crippen LogP contribution is 2.25. The SMILES string of the molecule is CCn1c(COc2ccc(C(C)(C)C)cc2)nnc1SCC(=O)Nc1cc(C)cc(C)c1. The van der Waals surface area contributed by atoms with E-state index in [0.717, 1.165) is 28.4 Å². The van der Waals surface area contributed by atoms with Crippen molar-refractivity contribution < 1.29 is 9.53 Å². The Hall–Kier alpha value is -2.80. The molecule has 170 valence electrons. The van der Waals surface area contributed by atoms with E-state index in [-0.39, 0.29) is 17.1 Å². The van der Waals surface area contributed by atoms with Gasteiger partial charge in [-0.15, -0.1) is 10.2 Å². The minimum atomic E-state index is -0.0672. The number of carbonyl (C=O) groups excluding carboxylic acids is 1. The molecule has 32 heavy (non-hydrogen) atoms. The second-order valence-electron chi connectivity index (χ2n) is 8.92. The highest BCUT2D eigenvalue weighted by molar-refractivity contribution is 7.99. The molecule has 0 saturated carbocycles. The molecule has 0 saturated heterocycles. The maximum Gasteiger partial charge on any atom is 0.234 e. The average molecular weight is 453 g/mol. The molecule has 3 rings (SSSR count). The molecule has 0 unspecified atom stereocenters. The van der Waals surface area contributed by atoms with Gasteiger partial charge >= 0.3 is 0 Å². The normalized spacial score (nSPS) is 11.4. The predicted octanol–water partition coefficient (Wildman–Crippen LogP) is 5.52. The van der Waals surface area contributed by atoms with E-state index in [9.17, 15) is 4.79 Å². The third kappa shape index (κ3) is 6.36. The molecule has 0 atom stereocenters. The maximum atomic E-state index is 12.4. The van der Waals surface area contributed by atoms with Gasteiger partial charge in [-0.05, 0) is 67.1 Å². The van der Waals surface area contributed by atoms with E-state index in [1.54, 1.807) is 0 Å². The minimum absolute atomic E-state index is 0.0672. The van der Waals surface area contributed by atoms with E-state index in [2.05, 4.69) is 54.5 Å². The van der Waals surface area contributed by atoms with E-state index < -0.39 is 0 Å². The Balaban J connectivity index is 1.57. The molecule has 0 bridgehead atoms. The zero-order chi connectivity index (χ0) is 23.3. The van der Waals surface area contributed by atoms with Crippen molar-refractivity contribution in [2.75, 3.05) is 11.1 Å². The van der Waals surface area contributed by atoms with Gasteiger partial charge in [-0.25, -0.2) is 0 Å². The van der Waals surface area contributed by atoms with Crippen molar-refractivity contribution >= 4 is 23.4 Å². The van der Waals surface area contributed by atoms with E-state index in [1.807, 2.05) is 49.6 Å². The van der Waals surface area contributed by atoms with Gasteiger partial charge in [0.05, 0.1) is 5.75 Å². The van der Waals surface area contributed by atoms with Crippen LogP contribution in [0.2, 0.25) is 0 Å². The molecule has 2 aromatic carbocycles. The number of nitrogens with zero attached hydrogens (tertiary/aromatic N) is 3. The van der Waals surface area contributed by atoms with E-state index in [4.69, 9.17) is 4.74 Å². The molecule has 1 heterocycles. The zero-order valence-electron chi connectivity index (χ0n) is 19.7. The van der Waals surface area contributed by atoms with Crippen LogP contribution in [0.15, 0.2) is 47.6 Å². The first-order valence-corrected chi connectivity index (χ1v) is 11.8. The first kappa shape index (κ1) is 23.9. The number of nitrogens with one attached hydrogen (secondary N) is 1. The molecule has 0 fully saturated rings. The molecule has 7 heteroatoms. The molecule has 0 aliphatic carbocycles. The number of anilines is 1. The number of carbonyl (C=O) groups is 1. The zero-order valence-corrected chi connectivity index (χ0v) is 20.5. The molecule has 1 N–H and O–H groups in total. The highest BCUT2D eigenvalue weighted by Gasteiger charge is 2.15. The summed E-state index contributed by atoms with van der Waals surface area (Å²) >= 11 is 1.38. The fourth-order valence-corrected chi connectivity index (χ4v) is 4.24. The summed E-state index contributed by atoms with van der Waals surface area (Å²) in [5.41, 5.74) is 4.43. The summed E-state index contributed by atoms with van der Waals surface area (Å²) in [7, 11) is 0. The number of aryl methyl sites for hydroxylation is 2. The number of benzene rings is 2. The lowest BCUT2D eigenvalue weighted by Crippen LogP contribution is -2.15. The van der Waals surface area contributed by atoms with Crippen LogP contribution in [-0.2, 0) is 23.4 Å². The first-order valence-electron chi connectivity index (χ1n) is 10.8. The smallest absolute Gasteiger partial charge is 0.234 e. The number of ether oxygens (including phenoxy) is 1. The van der Waals surface area contributed by atoms with Crippen molar-refractivity contribution in [3.63, 3.8) is 0 Å². The van der Waals surface area contributed by atoms with Crippen molar-refractivity contribution in [3.8, 4) is 5.75 Å². The third-order valence-electron chi connectivity index (χ3n) is 5.04. The molecule has 1 amide bonds. The van der Waals surface area contributed by atoms with E-state index in [0.29, 0.717) is 18.3 Å².